The van der Waals surface area contributed by atoms with E-state index in [0.717, 1.165) is 43.5 Å². The van der Waals surface area contributed by atoms with Crippen LogP contribution in [0.25, 0.3) is 5.57 Å². The lowest BCUT2D eigenvalue weighted by molar-refractivity contribution is -0.138. The molecule has 0 bridgehead atoms. The lowest BCUT2D eigenvalue weighted by Gasteiger charge is -2.29. The van der Waals surface area contributed by atoms with Gasteiger partial charge in [-0.3, -0.25) is 14.5 Å². The topological polar surface area (TPSA) is 40.6 Å². The standard InChI is InChI=1S/C22H20Cl2N2O2/c23-17-8-4-15(5-9-17)14-26-21(27)19(16-6-10-18(24)11-7-16)20(22(26)28)25-12-2-1-3-13-25/h4-11H,1-3,12-14H2. The highest BCUT2D eigenvalue weighted by Gasteiger charge is 2.41. The summed E-state index contributed by atoms with van der Waals surface area (Å²) in [7, 11) is 0. The smallest absolute Gasteiger partial charge is 0.278 e. The summed E-state index contributed by atoms with van der Waals surface area (Å²) in [6.07, 6.45) is 3.20. The molecule has 0 atom stereocenters. The molecule has 144 valence electrons. The van der Waals surface area contributed by atoms with Crippen molar-refractivity contribution < 1.29 is 9.59 Å². The Morgan fingerprint density at radius 3 is 1.93 bits per heavy atom. The second-order valence-electron chi connectivity index (χ2n) is 7.10. The van der Waals surface area contributed by atoms with E-state index in [9.17, 15) is 9.59 Å². The maximum Gasteiger partial charge on any atom is 0.278 e. The number of likely N-dealkylation sites (tertiary alicyclic amines) is 1. The Balaban J connectivity index is 1.72. The van der Waals surface area contributed by atoms with Crippen molar-refractivity contribution in [3.63, 3.8) is 0 Å². The SMILES string of the molecule is O=C1C(c2ccc(Cl)cc2)=C(N2CCCCC2)C(=O)N1Cc1ccc(Cl)cc1. The molecule has 0 N–H and O–H groups in total. The van der Waals surface area contributed by atoms with Crippen molar-refractivity contribution in [2.45, 2.75) is 25.8 Å². The van der Waals surface area contributed by atoms with E-state index in [1.165, 1.54) is 4.90 Å². The van der Waals surface area contributed by atoms with Gasteiger partial charge in [0.05, 0.1) is 12.1 Å². The van der Waals surface area contributed by atoms with Crippen LogP contribution in [0.5, 0.6) is 0 Å². The lowest BCUT2D eigenvalue weighted by Crippen LogP contribution is -2.36. The van der Waals surface area contributed by atoms with E-state index >= 15 is 0 Å². The van der Waals surface area contributed by atoms with Crippen LogP contribution in [-0.2, 0) is 16.1 Å². The number of amides is 2. The van der Waals surface area contributed by atoms with Crippen molar-refractivity contribution in [1.29, 1.82) is 0 Å². The first kappa shape index (κ1) is 19.0. The van der Waals surface area contributed by atoms with Gasteiger partial charge in [-0.05, 0) is 54.7 Å². The summed E-state index contributed by atoms with van der Waals surface area (Å²) in [5.41, 5.74) is 2.57. The Morgan fingerprint density at radius 2 is 1.32 bits per heavy atom. The van der Waals surface area contributed by atoms with Crippen molar-refractivity contribution in [2.24, 2.45) is 0 Å². The molecular weight excluding hydrogens is 395 g/mol. The molecular formula is C22H20Cl2N2O2. The largest absolute Gasteiger partial charge is 0.366 e. The zero-order chi connectivity index (χ0) is 19.7. The average Bonchev–Trinajstić information content (AvgIpc) is 2.95. The van der Waals surface area contributed by atoms with E-state index in [0.29, 0.717) is 21.3 Å². The molecule has 2 aromatic carbocycles. The highest BCUT2D eigenvalue weighted by molar-refractivity contribution is 6.36. The molecule has 2 aliphatic rings. The van der Waals surface area contributed by atoms with Gasteiger partial charge in [-0.25, -0.2) is 0 Å². The van der Waals surface area contributed by atoms with E-state index in [-0.39, 0.29) is 18.4 Å². The van der Waals surface area contributed by atoms with Crippen LogP contribution < -0.4 is 0 Å². The number of rotatable bonds is 4. The van der Waals surface area contributed by atoms with E-state index < -0.39 is 0 Å². The first-order valence-electron chi connectivity index (χ1n) is 9.40. The third-order valence-electron chi connectivity index (χ3n) is 5.20. The zero-order valence-electron chi connectivity index (χ0n) is 15.3. The van der Waals surface area contributed by atoms with Crippen molar-refractivity contribution in [3.05, 3.63) is 75.4 Å². The van der Waals surface area contributed by atoms with Crippen molar-refractivity contribution >= 4 is 40.6 Å². The molecule has 2 amide bonds. The highest BCUT2D eigenvalue weighted by atomic mass is 35.5. The minimum atomic E-state index is -0.261. The first-order chi connectivity index (χ1) is 13.5. The molecule has 28 heavy (non-hydrogen) atoms. The molecule has 0 radical (unpaired) electrons. The molecule has 0 saturated carbocycles. The van der Waals surface area contributed by atoms with E-state index in [1.807, 2.05) is 12.1 Å². The van der Waals surface area contributed by atoms with Crippen LogP contribution in [0.3, 0.4) is 0 Å². The Hall–Kier alpha value is -2.30. The molecule has 1 fully saturated rings. The van der Waals surface area contributed by atoms with Crippen LogP contribution in [0.2, 0.25) is 10.0 Å². The summed E-state index contributed by atoms with van der Waals surface area (Å²) in [6, 6.07) is 14.3. The predicted molar refractivity (Wildman–Crippen MR) is 111 cm³/mol. The maximum absolute atomic E-state index is 13.3. The van der Waals surface area contributed by atoms with Crippen molar-refractivity contribution in [3.8, 4) is 0 Å². The van der Waals surface area contributed by atoms with Gasteiger partial charge in [0.15, 0.2) is 0 Å². The number of carbonyl (C=O) groups excluding carboxylic acids is 2. The molecule has 0 spiro atoms. The summed E-state index contributed by atoms with van der Waals surface area (Å²) in [4.78, 5) is 30.0. The number of imide groups is 1. The number of carbonyl (C=O) groups is 2. The van der Waals surface area contributed by atoms with Crippen LogP contribution in [0.15, 0.2) is 54.2 Å². The summed E-state index contributed by atoms with van der Waals surface area (Å²) in [5.74, 6) is -0.491. The van der Waals surface area contributed by atoms with Gasteiger partial charge in [-0.1, -0.05) is 47.5 Å². The fourth-order valence-electron chi connectivity index (χ4n) is 3.77. The molecule has 2 heterocycles. The van der Waals surface area contributed by atoms with Crippen molar-refractivity contribution in [2.75, 3.05) is 13.1 Å². The first-order valence-corrected chi connectivity index (χ1v) is 10.2. The Labute approximate surface area is 174 Å². The zero-order valence-corrected chi connectivity index (χ0v) is 16.8. The van der Waals surface area contributed by atoms with Crippen LogP contribution in [-0.4, -0.2) is 34.7 Å². The van der Waals surface area contributed by atoms with Gasteiger partial charge in [-0.15, -0.1) is 0 Å². The maximum atomic E-state index is 13.3. The lowest BCUT2D eigenvalue weighted by atomic mass is 10.0. The molecule has 2 aromatic rings. The van der Waals surface area contributed by atoms with Crippen molar-refractivity contribution in [1.82, 2.24) is 9.80 Å². The molecule has 0 unspecified atom stereocenters. The number of benzene rings is 2. The van der Waals surface area contributed by atoms with Gasteiger partial charge in [-0.2, -0.15) is 0 Å². The van der Waals surface area contributed by atoms with Crippen LogP contribution in [0.1, 0.15) is 30.4 Å². The van der Waals surface area contributed by atoms with Gasteiger partial charge < -0.3 is 4.90 Å². The van der Waals surface area contributed by atoms with Gasteiger partial charge in [0.1, 0.15) is 5.70 Å². The van der Waals surface area contributed by atoms with Gasteiger partial charge in [0.25, 0.3) is 11.8 Å². The Kier molecular flexibility index (Phi) is 5.42. The van der Waals surface area contributed by atoms with Gasteiger partial charge in [0.2, 0.25) is 0 Å². The number of hydrogen-bond acceptors (Lipinski definition) is 3. The molecule has 4 nitrogen and oxygen atoms in total. The summed E-state index contributed by atoms with van der Waals surface area (Å²) in [5, 5.41) is 1.22. The predicted octanol–water partition coefficient (Wildman–Crippen LogP) is 4.76. The average molecular weight is 415 g/mol. The van der Waals surface area contributed by atoms with Gasteiger partial charge in [0, 0.05) is 23.1 Å². The fourth-order valence-corrected chi connectivity index (χ4v) is 4.02. The summed E-state index contributed by atoms with van der Waals surface area (Å²) >= 11 is 12.0. The van der Waals surface area contributed by atoms with E-state index in [4.69, 9.17) is 23.2 Å². The number of halogens is 2. The van der Waals surface area contributed by atoms with Gasteiger partial charge >= 0.3 is 0 Å². The minimum Gasteiger partial charge on any atom is -0.366 e. The van der Waals surface area contributed by atoms with E-state index in [2.05, 4.69) is 4.90 Å². The Morgan fingerprint density at radius 1 is 0.750 bits per heavy atom. The molecule has 0 aliphatic carbocycles. The highest BCUT2D eigenvalue weighted by Crippen LogP contribution is 2.34. The minimum absolute atomic E-state index is 0.225. The number of hydrogen-bond donors (Lipinski definition) is 0. The molecule has 1 saturated heterocycles. The normalized spacial score (nSPS) is 17.6. The monoisotopic (exact) mass is 414 g/mol. The van der Waals surface area contributed by atoms with Crippen LogP contribution >= 0.6 is 23.2 Å². The molecule has 0 aromatic heterocycles. The van der Waals surface area contributed by atoms with Crippen LogP contribution in [0.4, 0.5) is 0 Å². The third kappa shape index (κ3) is 3.67. The van der Waals surface area contributed by atoms with Crippen LogP contribution in [0, 0.1) is 0 Å². The number of nitrogens with zero attached hydrogens (tertiary/aromatic N) is 2. The third-order valence-corrected chi connectivity index (χ3v) is 5.71. The Bertz CT molecular complexity index is 930. The summed E-state index contributed by atoms with van der Waals surface area (Å²) < 4.78 is 0. The fraction of sp³-hybridized carbons (Fsp3) is 0.273. The number of piperidine rings is 1. The van der Waals surface area contributed by atoms with E-state index in [1.54, 1.807) is 36.4 Å². The second kappa shape index (κ2) is 7.98. The molecule has 6 heteroatoms. The second-order valence-corrected chi connectivity index (χ2v) is 7.97. The summed E-state index contributed by atoms with van der Waals surface area (Å²) in [6.45, 7) is 1.81. The molecule has 4 rings (SSSR count). The molecule has 2 aliphatic heterocycles. The quantitative estimate of drug-likeness (QED) is 0.677.